The van der Waals surface area contributed by atoms with Gasteiger partial charge in [0.2, 0.25) is 5.91 Å². The van der Waals surface area contributed by atoms with E-state index in [0.29, 0.717) is 51.7 Å². The van der Waals surface area contributed by atoms with Crippen LogP contribution in [-0.4, -0.2) is 76.3 Å². The quantitative estimate of drug-likeness (QED) is 0.807. The first-order valence-corrected chi connectivity index (χ1v) is 8.97. The number of rotatable bonds is 4. The van der Waals surface area contributed by atoms with Gasteiger partial charge >= 0.3 is 0 Å². The predicted octanol–water partition coefficient (Wildman–Crippen LogP) is -0.300. The van der Waals surface area contributed by atoms with Crippen molar-refractivity contribution in [2.24, 2.45) is 12.8 Å². The van der Waals surface area contributed by atoms with E-state index in [1.165, 1.54) is 0 Å². The average Bonchev–Trinajstić information content (AvgIpc) is 3.18. The van der Waals surface area contributed by atoms with Gasteiger partial charge in [-0.2, -0.15) is 5.10 Å². The number of amides is 2. The zero-order valence-electron chi connectivity index (χ0n) is 14.6. The second-order valence-electron chi connectivity index (χ2n) is 7.35. The monoisotopic (exact) mass is 347 g/mol. The van der Waals surface area contributed by atoms with Crippen LogP contribution in [0.3, 0.4) is 0 Å². The lowest BCUT2D eigenvalue weighted by molar-refractivity contribution is -0.131. The van der Waals surface area contributed by atoms with Gasteiger partial charge in [-0.3, -0.25) is 19.2 Å². The van der Waals surface area contributed by atoms with Gasteiger partial charge in [0.1, 0.15) is 5.54 Å². The Morgan fingerprint density at radius 2 is 2.00 bits per heavy atom. The van der Waals surface area contributed by atoms with E-state index >= 15 is 0 Å². The van der Waals surface area contributed by atoms with Crippen LogP contribution >= 0.6 is 0 Å². The summed E-state index contributed by atoms with van der Waals surface area (Å²) in [5, 5.41) is 4.48. The standard InChI is InChI=1S/C17H25N5O3/c1-20-10-13(14(19-20)12-2-3-12)15(23)21-5-7-22(8-6-21)17(16(18)24)4-9-25-11-17/h10,12H,2-9,11H2,1H3,(H2,18,24). The van der Waals surface area contributed by atoms with Crippen LogP contribution in [0, 0.1) is 0 Å². The van der Waals surface area contributed by atoms with Crippen molar-refractivity contribution in [1.29, 1.82) is 0 Å². The fourth-order valence-corrected chi connectivity index (χ4v) is 3.99. The van der Waals surface area contributed by atoms with Crippen molar-refractivity contribution in [3.63, 3.8) is 0 Å². The minimum atomic E-state index is -0.706. The van der Waals surface area contributed by atoms with Crippen molar-refractivity contribution in [3.05, 3.63) is 17.5 Å². The van der Waals surface area contributed by atoms with Crippen LogP contribution in [-0.2, 0) is 16.6 Å². The molecule has 1 aliphatic carbocycles. The number of hydrogen-bond donors (Lipinski definition) is 1. The summed E-state index contributed by atoms with van der Waals surface area (Å²) in [6.45, 7) is 3.36. The van der Waals surface area contributed by atoms with Gasteiger partial charge in [-0.1, -0.05) is 0 Å². The van der Waals surface area contributed by atoms with Crippen molar-refractivity contribution < 1.29 is 14.3 Å². The molecule has 0 bridgehead atoms. The molecular weight excluding hydrogens is 322 g/mol. The summed E-state index contributed by atoms with van der Waals surface area (Å²) in [5.74, 6) is 0.161. The Morgan fingerprint density at radius 1 is 1.28 bits per heavy atom. The lowest BCUT2D eigenvalue weighted by Crippen LogP contribution is -2.63. The van der Waals surface area contributed by atoms with Crippen LogP contribution in [0.4, 0.5) is 0 Å². The van der Waals surface area contributed by atoms with E-state index < -0.39 is 5.54 Å². The number of piperazine rings is 1. The summed E-state index contributed by atoms with van der Waals surface area (Å²) < 4.78 is 7.17. The van der Waals surface area contributed by atoms with Crippen LogP contribution in [0.2, 0.25) is 0 Å². The summed E-state index contributed by atoms with van der Waals surface area (Å²) >= 11 is 0. The molecule has 4 rings (SSSR count). The molecule has 3 fully saturated rings. The third-order valence-corrected chi connectivity index (χ3v) is 5.68. The molecule has 136 valence electrons. The molecule has 0 aromatic carbocycles. The summed E-state index contributed by atoms with van der Waals surface area (Å²) in [4.78, 5) is 28.9. The van der Waals surface area contributed by atoms with Gasteiger partial charge in [0.05, 0.1) is 17.9 Å². The molecule has 1 aromatic rings. The molecule has 2 amide bonds. The molecule has 3 aliphatic rings. The number of carbonyl (C=O) groups is 2. The van der Waals surface area contributed by atoms with Crippen molar-refractivity contribution >= 4 is 11.8 Å². The normalized spacial score (nSPS) is 27.6. The first kappa shape index (κ1) is 16.5. The molecule has 1 unspecified atom stereocenters. The van der Waals surface area contributed by atoms with E-state index in [-0.39, 0.29) is 11.8 Å². The molecule has 3 heterocycles. The second-order valence-corrected chi connectivity index (χ2v) is 7.35. The Labute approximate surface area is 146 Å². The van der Waals surface area contributed by atoms with Crippen LogP contribution in [0.15, 0.2) is 6.20 Å². The zero-order valence-corrected chi connectivity index (χ0v) is 14.6. The van der Waals surface area contributed by atoms with Gasteiger partial charge in [0, 0.05) is 58.4 Å². The fourth-order valence-electron chi connectivity index (χ4n) is 3.99. The smallest absolute Gasteiger partial charge is 0.257 e. The Bertz CT molecular complexity index is 682. The van der Waals surface area contributed by atoms with Gasteiger partial charge in [-0.05, 0) is 12.8 Å². The number of hydrogen-bond acceptors (Lipinski definition) is 5. The summed E-state index contributed by atoms with van der Waals surface area (Å²) in [6, 6.07) is 0. The van der Waals surface area contributed by atoms with E-state index in [9.17, 15) is 9.59 Å². The highest BCUT2D eigenvalue weighted by Crippen LogP contribution is 2.41. The summed E-state index contributed by atoms with van der Waals surface area (Å²) in [5.41, 5.74) is 6.62. The third kappa shape index (κ3) is 2.83. The minimum absolute atomic E-state index is 0.0467. The van der Waals surface area contributed by atoms with Crippen molar-refractivity contribution in [2.75, 3.05) is 39.4 Å². The van der Waals surface area contributed by atoms with Crippen molar-refractivity contribution in [3.8, 4) is 0 Å². The van der Waals surface area contributed by atoms with Crippen LogP contribution in [0.5, 0.6) is 0 Å². The first-order chi connectivity index (χ1) is 12.0. The Kier molecular flexibility index (Phi) is 4.04. The van der Waals surface area contributed by atoms with E-state index in [4.69, 9.17) is 10.5 Å². The molecule has 1 saturated carbocycles. The van der Waals surface area contributed by atoms with Gasteiger partial charge in [0.25, 0.3) is 5.91 Å². The fraction of sp³-hybridized carbons (Fsp3) is 0.706. The SMILES string of the molecule is Cn1cc(C(=O)N2CCN(C3(C(N)=O)CCOC3)CC2)c(C2CC2)n1. The molecule has 8 heteroatoms. The zero-order chi connectivity index (χ0) is 17.6. The number of carbonyl (C=O) groups excluding carboxylic acids is 2. The number of primary amides is 1. The highest BCUT2D eigenvalue weighted by Gasteiger charge is 2.47. The van der Waals surface area contributed by atoms with E-state index in [0.717, 1.165) is 24.1 Å². The van der Waals surface area contributed by atoms with E-state index in [2.05, 4.69) is 10.00 Å². The number of aryl methyl sites for hydroxylation is 1. The van der Waals surface area contributed by atoms with Gasteiger partial charge in [-0.15, -0.1) is 0 Å². The molecule has 25 heavy (non-hydrogen) atoms. The molecule has 0 radical (unpaired) electrons. The predicted molar refractivity (Wildman–Crippen MR) is 90.0 cm³/mol. The second kappa shape index (κ2) is 6.10. The van der Waals surface area contributed by atoms with Gasteiger partial charge in [0.15, 0.2) is 0 Å². The molecule has 2 saturated heterocycles. The molecule has 2 N–H and O–H groups in total. The highest BCUT2D eigenvalue weighted by molar-refractivity contribution is 5.95. The molecule has 8 nitrogen and oxygen atoms in total. The van der Waals surface area contributed by atoms with Crippen LogP contribution in [0.25, 0.3) is 0 Å². The maximum Gasteiger partial charge on any atom is 0.257 e. The molecule has 0 spiro atoms. The first-order valence-electron chi connectivity index (χ1n) is 8.97. The largest absolute Gasteiger partial charge is 0.379 e. The van der Waals surface area contributed by atoms with Crippen molar-refractivity contribution in [1.82, 2.24) is 19.6 Å². The average molecular weight is 347 g/mol. The summed E-state index contributed by atoms with van der Waals surface area (Å²) in [6.07, 6.45) is 4.70. The molecule has 1 aromatic heterocycles. The number of nitrogens with zero attached hydrogens (tertiary/aromatic N) is 4. The minimum Gasteiger partial charge on any atom is -0.379 e. The topological polar surface area (TPSA) is 93.7 Å². The maximum absolute atomic E-state index is 12.9. The highest BCUT2D eigenvalue weighted by atomic mass is 16.5. The van der Waals surface area contributed by atoms with Crippen molar-refractivity contribution in [2.45, 2.75) is 30.7 Å². The number of nitrogens with two attached hydrogens (primary N) is 1. The maximum atomic E-state index is 12.9. The third-order valence-electron chi connectivity index (χ3n) is 5.68. The van der Waals surface area contributed by atoms with Gasteiger partial charge in [-0.25, -0.2) is 0 Å². The van der Waals surface area contributed by atoms with Gasteiger partial charge < -0.3 is 15.4 Å². The Morgan fingerprint density at radius 3 is 2.56 bits per heavy atom. The lowest BCUT2D eigenvalue weighted by Gasteiger charge is -2.43. The van der Waals surface area contributed by atoms with E-state index in [1.54, 1.807) is 4.68 Å². The number of aromatic nitrogens is 2. The summed E-state index contributed by atoms with van der Waals surface area (Å²) in [7, 11) is 1.86. The number of ether oxygens (including phenoxy) is 1. The van der Waals surface area contributed by atoms with Crippen LogP contribution in [0.1, 0.15) is 41.2 Å². The Hall–Kier alpha value is -1.93. The Balaban J connectivity index is 1.45. The molecular formula is C17H25N5O3. The van der Waals surface area contributed by atoms with E-state index in [1.807, 2.05) is 18.1 Å². The molecule has 2 aliphatic heterocycles. The lowest BCUT2D eigenvalue weighted by atomic mass is 9.94. The van der Waals surface area contributed by atoms with Crippen LogP contribution < -0.4 is 5.73 Å². The molecule has 1 atom stereocenters.